The maximum atomic E-state index is 12.1. The molecule has 0 saturated heterocycles. The fraction of sp³-hybridized carbons (Fsp3) is 0.833. The lowest BCUT2D eigenvalue weighted by molar-refractivity contribution is -0.154. The van der Waals surface area contributed by atoms with E-state index in [4.69, 9.17) is 0 Å². The van der Waals surface area contributed by atoms with Crippen molar-refractivity contribution >= 4 is 11.8 Å². The van der Waals surface area contributed by atoms with Gasteiger partial charge in [0.05, 0.1) is 5.60 Å². The topological polar surface area (TPSA) is 74.6 Å². The predicted molar refractivity (Wildman–Crippen MR) is 105 cm³/mol. The summed E-state index contributed by atoms with van der Waals surface area (Å²) in [6, 6.07) is 0. The molecule has 4 fully saturated rings. The average Bonchev–Trinajstić information content (AvgIpc) is 3.39. The minimum atomic E-state index is -0.870. The molecule has 0 aromatic heterocycles. The van der Waals surface area contributed by atoms with Gasteiger partial charge in [-0.3, -0.25) is 9.59 Å². The summed E-state index contributed by atoms with van der Waals surface area (Å²) in [5.41, 5.74) is 0.553. The van der Waals surface area contributed by atoms with Crippen molar-refractivity contribution in [1.82, 2.24) is 0 Å². The number of carboxylic acids is 1. The van der Waals surface area contributed by atoms with Crippen LogP contribution in [0.15, 0.2) is 11.6 Å². The van der Waals surface area contributed by atoms with E-state index >= 15 is 0 Å². The quantitative estimate of drug-likeness (QED) is 0.762. The molecule has 0 heterocycles. The second kappa shape index (κ2) is 5.71. The zero-order valence-corrected chi connectivity index (χ0v) is 17.4. The highest BCUT2D eigenvalue weighted by Gasteiger charge is 2.71. The summed E-state index contributed by atoms with van der Waals surface area (Å²) in [4.78, 5) is 23.4. The molecule has 4 saturated carbocycles. The lowest BCUT2D eigenvalue weighted by Gasteiger charge is -2.59. The van der Waals surface area contributed by atoms with Gasteiger partial charge in [-0.05, 0) is 90.9 Å². The van der Waals surface area contributed by atoms with Crippen LogP contribution < -0.4 is 0 Å². The van der Waals surface area contributed by atoms with Crippen LogP contribution in [0.3, 0.4) is 0 Å². The normalized spacial score (nSPS) is 54.1. The molecule has 0 aromatic rings. The molecule has 5 aliphatic rings. The van der Waals surface area contributed by atoms with Crippen LogP contribution in [0.5, 0.6) is 0 Å². The van der Waals surface area contributed by atoms with Gasteiger partial charge >= 0.3 is 5.97 Å². The molecule has 5 rings (SSSR count). The van der Waals surface area contributed by atoms with Crippen molar-refractivity contribution in [1.29, 1.82) is 0 Å². The van der Waals surface area contributed by atoms with Crippen LogP contribution in [-0.2, 0) is 9.59 Å². The van der Waals surface area contributed by atoms with Gasteiger partial charge < -0.3 is 10.2 Å². The number of hydrogen-bond acceptors (Lipinski definition) is 3. The van der Waals surface area contributed by atoms with Crippen LogP contribution in [0.2, 0.25) is 0 Å². The number of ketones is 1. The molecule has 6 unspecified atom stereocenters. The van der Waals surface area contributed by atoms with Crippen LogP contribution >= 0.6 is 0 Å². The second-order valence-corrected chi connectivity index (χ2v) is 11.2. The molecule has 2 N–H and O–H groups in total. The summed E-state index contributed by atoms with van der Waals surface area (Å²) in [6.07, 6.45) is 8.41. The Kier molecular flexibility index (Phi) is 3.84. The Bertz CT molecular complexity index is 771. The Morgan fingerprint density at radius 3 is 2.68 bits per heavy atom. The molecular formula is C24H34O4. The standard InChI is InChI=1S/C24H34O4/c1-13-10-19-21-16-12-15(16)18-11-14(25)4-7-22(18,2)17(21)5-8-23(19,3)24(13,28)9-6-20(26)27/h11,13,15-17,19,21,28H,4-10,12H2,1-3H3,(H,26,27)/t13?,15?,16?,17?,19?,21?,22-,23+,24+/m1/s1. The van der Waals surface area contributed by atoms with Gasteiger partial charge in [-0.25, -0.2) is 0 Å². The number of aliphatic hydroxyl groups is 1. The van der Waals surface area contributed by atoms with E-state index in [0.29, 0.717) is 48.2 Å². The van der Waals surface area contributed by atoms with Crippen LogP contribution in [0.4, 0.5) is 0 Å². The van der Waals surface area contributed by atoms with Gasteiger partial charge in [0, 0.05) is 12.8 Å². The third-order valence-corrected chi connectivity index (χ3v) is 10.3. The Balaban J connectivity index is 1.51. The van der Waals surface area contributed by atoms with E-state index in [2.05, 4.69) is 20.8 Å². The van der Waals surface area contributed by atoms with Crippen molar-refractivity contribution in [3.63, 3.8) is 0 Å². The highest BCUT2D eigenvalue weighted by atomic mass is 16.4. The summed E-state index contributed by atoms with van der Waals surface area (Å²) in [5.74, 6) is 2.63. The molecule has 4 nitrogen and oxygen atoms in total. The first-order valence-corrected chi connectivity index (χ1v) is 11.3. The fourth-order valence-corrected chi connectivity index (χ4v) is 8.67. The van der Waals surface area contributed by atoms with Crippen molar-refractivity contribution in [2.45, 2.75) is 77.7 Å². The van der Waals surface area contributed by atoms with E-state index in [0.717, 1.165) is 25.7 Å². The minimum absolute atomic E-state index is 0.0516. The smallest absolute Gasteiger partial charge is 0.303 e. The molecule has 154 valence electrons. The van der Waals surface area contributed by atoms with Gasteiger partial charge in [-0.1, -0.05) is 26.3 Å². The fourth-order valence-electron chi connectivity index (χ4n) is 8.67. The molecule has 28 heavy (non-hydrogen) atoms. The second-order valence-electron chi connectivity index (χ2n) is 11.2. The van der Waals surface area contributed by atoms with E-state index in [-0.39, 0.29) is 23.2 Å². The zero-order chi connectivity index (χ0) is 20.1. The molecular weight excluding hydrogens is 352 g/mol. The summed E-state index contributed by atoms with van der Waals surface area (Å²) < 4.78 is 0. The zero-order valence-electron chi connectivity index (χ0n) is 17.4. The summed E-state index contributed by atoms with van der Waals surface area (Å²) >= 11 is 0. The molecule has 0 aliphatic heterocycles. The van der Waals surface area contributed by atoms with E-state index < -0.39 is 11.6 Å². The van der Waals surface area contributed by atoms with Crippen molar-refractivity contribution in [3.8, 4) is 0 Å². The average molecular weight is 387 g/mol. The number of carbonyl (C=O) groups is 2. The summed E-state index contributed by atoms with van der Waals surface area (Å²) in [6.45, 7) is 6.81. The maximum absolute atomic E-state index is 12.1. The van der Waals surface area contributed by atoms with E-state index in [1.807, 2.05) is 6.08 Å². The van der Waals surface area contributed by atoms with Crippen molar-refractivity contribution in [2.75, 3.05) is 0 Å². The van der Waals surface area contributed by atoms with Crippen molar-refractivity contribution < 1.29 is 19.8 Å². The van der Waals surface area contributed by atoms with Crippen LogP contribution in [-0.4, -0.2) is 27.6 Å². The first-order valence-electron chi connectivity index (χ1n) is 11.3. The van der Waals surface area contributed by atoms with Gasteiger partial charge in [-0.2, -0.15) is 0 Å². The molecule has 0 aromatic carbocycles. The monoisotopic (exact) mass is 386 g/mol. The maximum Gasteiger partial charge on any atom is 0.303 e. The number of carboxylic acid groups (broad SMARTS) is 1. The van der Waals surface area contributed by atoms with Crippen molar-refractivity contribution in [3.05, 3.63) is 11.6 Å². The highest BCUT2D eigenvalue weighted by molar-refractivity contribution is 5.92. The number of allylic oxidation sites excluding steroid dienone is 1. The molecule has 4 heteroatoms. The third-order valence-electron chi connectivity index (χ3n) is 10.3. The summed E-state index contributed by atoms with van der Waals surface area (Å²) in [5, 5.41) is 21.0. The Morgan fingerprint density at radius 2 is 1.96 bits per heavy atom. The van der Waals surface area contributed by atoms with Crippen LogP contribution in [0.25, 0.3) is 0 Å². The van der Waals surface area contributed by atoms with Crippen LogP contribution in [0.1, 0.15) is 72.1 Å². The van der Waals surface area contributed by atoms with Crippen molar-refractivity contribution in [2.24, 2.45) is 46.3 Å². The number of rotatable bonds is 3. The van der Waals surface area contributed by atoms with E-state index in [1.165, 1.54) is 12.0 Å². The lowest BCUT2D eigenvalue weighted by atomic mass is 9.46. The lowest BCUT2D eigenvalue weighted by Crippen LogP contribution is -2.56. The number of hydrogen-bond donors (Lipinski definition) is 2. The Hall–Kier alpha value is -1.16. The summed E-state index contributed by atoms with van der Waals surface area (Å²) in [7, 11) is 0. The molecule has 0 amide bonds. The Morgan fingerprint density at radius 1 is 1.21 bits per heavy atom. The first-order chi connectivity index (χ1) is 13.1. The highest BCUT2D eigenvalue weighted by Crippen LogP contribution is 2.75. The SMILES string of the molecule is CC1CC2C3C4CC4C4=CC(=O)CC[C@]4(C)C3CC[C@]2(C)[C@]1(O)CCC(=O)O. The van der Waals surface area contributed by atoms with Crippen LogP contribution in [0, 0.1) is 46.3 Å². The van der Waals surface area contributed by atoms with Gasteiger partial charge in [0.1, 0.15) is 0 Å². The molecule has 5 aliphatic carbocycles. The molecule has 0 radical (unpaired) electrons. The third kappa shape index (κ3) is 2.21. The molecule has 0 spiro atoms. The molecule has 9 atom stereocenters. The predicted octanol–water partition coefficient (Wildman–Crippen LogP) is 4.22. The van der Waals surface area contributed by atoms with Gasteiger partial charge in [0.25, 0.3) is 0 Å². The Labute approximate surface area is 167 Å². The van der Waals surface area contributed by atoms with E-state index in [1.54, 1.807) is 0 Å². The number of aliphatic carboxylic acids is 1. The molecule has 0 bridgehead atoms. The first kappa shape index (κ1) is 18.8. The number of fused-ring (bicyclic) bond motifs is 8. The minimum Gasteiger partial charge on any atom is -0.481 e. The number of carbonyl (C=O) groups excluding carboxylic acids is 1. The van der Waals surface area contributed by atoms with E-state index in [9.17, 15) is 19.8 Å². The van der Waals surface area contributed by atoms with Gasteiger partial charge in [-0.15, -0.1) is 0 Å². The van der Waals surface area contributed by atoms with Gasteiger partial charge in [0.15, 0.2) is 5.78 Å². The largest absolute Gasteiger partial charge is 0.481 e. The van der Waals surface area contributed by atoms with Gasteiger partial charge in [0.2, 0.25) is 0 Å².